The summed E-state index contributed by atoms with van der Waals surface area (Å²) in [4.78, 5) is 2.42. The Morgan fingerprint density at radius 1 is 0.203 bits per heavy atom. The van der Waals surface area contributed by atoms with Crippen molar-refractivity contribution in [1.82, 2.24) is 0 Å². The number of hydrogen-bond acceptors (Lipinski definition) is 1. The third-order valence-corrected chi connectivity index (χ3v) is 11.3. The fourth-order valence-electron chi connectivity index (χ4n) is 8.33. The van der Waals surface area contributed by atoms with E-state index in [4.69, 9.17) is 0 Å². The molecule has 0 amide bonds. The van der Waals surface area contributed by atoms with E-state index >= 15 is 0 Å². The molecule has 10 rings (SSSR count). The molecule has 0 fully saturated rings. The van der Waals surface area contributed by atoms with Crippen LogP contribution in [0.3, 0.4) is 0 Å². The summed E-state index contributed by atoms with van der Waals surface area (Å²) in [6, 6.07) is 89.9. The van der Waals surface area contributed by atoms with Crippen molar-refractivity contribution in [2.45, 2.75) is 0 Å². The van der Waals surface area contributed by atoms with Gasteiger partial charge in [-0.25, -0.2) is 0 Å². The van der Waals surface area contributed by atoms with E-state index in [1.54, 1.807) is 0 Å². The number of fused-ring (bicyclic) bond motifs is 1. The van der Waals surface area contributed by atoms with Crippen molar-refractivity contribution in [2.24, 2.45) is 0 Å². The molecule has 0 atom stereocenters. The summed E-state index contributed by atoms with van der Waals surface area (Å²) in [6.45, 7) is 0. The second kappa shape index (κ2) is 16.0. The van der Waals surface area contributed by atoms with Gasteiger partial charge in [-0.1, -0.05) is 212 Å². The predicted molar refractivity (Wildman–Crippen MR) is 251 cm³/mol. The molecule has 0 saturated carbocycles. The molecule has 0 aromatic heterocycles. The van der Waals surface area contributed by atoms with Gasteiger partial charge in [0, 0.05) is 16.9 Å². The lowest BCUT2D eigenvalue weighted by atomic mass is 9.89. The van der Waals surface area contributed by atoms with Crippen molar-refractivity contribution in [1.29, 1.82) is 0 Å². The summed E-state index contributed by atoms with van der Waals surface area (Å²) in [6.07, 6.45) is 0. The molecule has 278 valence electrons. The van der Waals surface area contributed by atoms with Gasteiger partial charge >= 0.3 is 0 Å². The Labute approximate surface area is 346 Å². The molecule has 0 heterocycles. The average Bonchev–Trinajstić information content (AvgIpc) is 3.33. The van der Waals surface area contributed by atoms with Crippen LogP contribution in [0.4, 0.5) is 17.1 Å². The zero-order valence-electron chi connectivity index (χ0n) is 32.6. The number of rotatable bonds is 9. The quantitative estimate of drug-likeness (QED) is 0.142. The zero-order chi connectivity index (χ0) is 39.4. The monoisotopic (exact) mass is 751 g/mol. The summed E-state index contributed by atoms with van der Waals surface area (Å²) in [5, 5.41) is 2.49. The Morgan fingerprint density at radius 3 is 1.15 bits per heavy atom. The molecule has 0 bridgehead atoms. The number of anilines is 3. The van der Waals surface area contributed by atoms with Crippen molar-refractivity contribution in [3.63, 3.8) is 0 Å². The first kappa shape index (κ1) is 35.7. The van der Waals surface area contributed by atoms with Gasteiger partial charge < -0.3 is 4.90 Å². The summed E-state index contributed by atoms with van der Waals surface area (Å²) in [5.74, 6) is 0. The van der Waals surface area contributed by atoms with Crippen LogP contribution >= 0.6 is 0 Å². The van der Waals surface area contributed by atoms with Crippen molar-refractivity contribution < 1.29 is 0 Å². The smallest absolute Gasteiger partial charge is 0.0546 e. The standard InChI is InChI=1S/C58H41N/c1-4-16-42(17-5-1)50-34-39-55(46-21-8-3-9-22-46)58(41-50)59(51-35-30-44(31-36-51)49-29-28-43-18-10-11-23-48(43)40-49)52-37-32-47(33-38-52)54-25-13-15-27-57(54)56-26-14-12-24-53(56)45-19-6-2-7-20-45/h1-41H. The Morgan fingerprint density at radius 2 is 0.576 bits per heavy atom. The minimum atomic E-state index is 1.08. The molecule has 10 aromatic carbocycles. The third-order valence-electron chi connectivity index (χ3n) is 11.3. The van der Waals surface area contributed by atoms with Crippen LogP contribution < -0.4 is 4.90 Å². The molecule has 0 unspecified atom stereocenters. The van der Waals surface area contributed by atoms with E-state index < -0.39 is 0 Å². The van der Waals surface area contributed by atoms with Crippen molar-refractivity contribution in [2.75, 3.05) is 4.90 Å². The highest BCUT2D eigenvalue weighted by Gasteiger charge is 2.20. The van der Waals surface area contributed by atoms with Crippen LogP contribution in [0.1, 0.15) is 0 Å². The average molecular weight is 752 g/mol. The molecule has 0 aliphatic carbocycles. The Balaban J connectivity index is 1.11. The highest BCUT2D eigenvalue weighted by molar-refractivity contribution is 5.94. The summed E-state index contributed by atoms with van der Waals surface area (Å²) in [5.41, 5.74) is 17.6. The normalized spacial score (nSPS) is 11.1. The SMILES string of the molecule is c1ccc(-c2ccc(-c3ccccc3)c(N(c3ccc(-c4ccc5ccccc5c4)cc3)c3ccc(-c4ccccc4-c4ccccc4-c4ccccc4)cc3)c2)cc1. The van der Waals surface area contributed by atoms with E-state index in [0.29, 0.717) is 0 Å². The lowest BCUT2D eigenvalue weighted by Gasteiger charge is -2.29. The maximum absolute atomic E-state index is 2.42. The zero-order valence-corrected chi connectivity index (χ0v) is 32.6. The maximum atomic E-state index is 2.42. The van der Waals surface area contributed by atoms with Crippen LogP contribution in [0.25, 0.3) is 77.5 Å². The van der Waals surface area contributed by atoms with Gasteiger partial charge in [-0.05, 0) is 108 Å². The molecule has 10 aromatic rings. The fourth-order valence-corrected chi connectivity index (χ4v) is 8.33. The second-order valence-corrected chi connectivity index (χ2v) is 14.9. The van der Waals surface area contributed by atoms with Gasteiger partial charge in [0.25, 0.3) is 0 Å². The van der Waals surface area contributed by atoms with E-state index in [1.165, 1.54) is 72.0 Å². The van der Waals surface area contributed by atoms with Crippen LogP contribution in [-0.4, -0.2) is 0 Å². The van der Waals surface area contributed by atoms with Crippen LogP contribution in [0.15, 0.2) is 249 Å². The molecular weight excluding hydrogens is 711 g/mol. The van der Waals surface area contributed by atoms with Crippen molar-refractivity contribution in [3.8, 4) is 66.8 Å². The lowest BCUT2D eigenvalue weighted by Crippen LogP contribution is -2.11. The predicted octanol–water partition coefficient (Wildman–Crippen LogP) is 16.3. The van der Waals surface area contributed by atoms with Crippen LogP contribution in [0, 0.1) is 0 Å². The molecular formula is C58H41N. The molecule has 59 heavy (non-hydrogen) atoms. The summed E-state index contributed by atoms with van der Waals surface area (Å²) >= 11 is 0. The fraction of sp³-hybridized carbons (Fsp3) is 0. The van der Waals surface area contributed by atoms with Gasteiger partial charge in [0.2, 0.25) is 0 Å². The van der Waals surface area contributed by atoms with E-state index in [2.05, 4.69) is 254 Å². The molecule has 0 spiro atoms. The highest BCUT2D eigenvalue weighted by atomic mass is 15.1. The molecule has 1 heteroatoms. The van der Waals surface area contributed by atoms with Crippen LogP contribution in [0.5, 0.6) is 0 Å². The number of nitrogens with zero attached hydrogens (tertiary/aromatic N) is 1. The molecule has 0 aliphatic rings. The number of benzene rings is 10. The summed E-state index contributed by atoms with van der Waals surface area (Å²) in [7, 11) is 0. The minimum Gasteiger partial charge on any atom is -0.310 e. The number of hydrogen-bond donors (Lipinski definition) is 0. The van der Waals surface area contributed by atoms with E-state index in [-0.39, 0.29) is 0 Å². The maximum Gasteiger partial charge on any atom is 0.0546 e. The molecule has 0 N–H and O–H groups in total. The van der Waals surface area contributed by atoms with Gasteiger partial charge in [-0.2, -0.15) is 0 Å². The molecule has 1 nitrogen and oxygen atoms in total. The van der Waals surface area contributed by atoms with E-state index in [0.717, 1.165) is 22.6 Å². The summed E-state index contributed by atoms with van der Waals surface area (Å²) < 4.78 is 0. The highest BCUT2D eigenvalue weighted by Crippen LogP contribution is 2.45. The van der Waals surface area contributed by atoms with Crippen molar-refractivity contribution >= 4 is 27.8 Å². The minimum absolute atomic E-state index is 1.08. The van der Waals surface area contributed by atoms with Crippen LogP contribution in [0.2, 0.25) is 0 Å². The molecule has 0 radical (unpaired) electrons. The van der Waals surface area contributed by atoms with Gasteiger partial charge in [0.15, 0.2) is 0 Å². The first-order chi connectivity index (χ1) is 29.3. The van der Waals surface area contributed by atoms with E-state index in [1.807, 2.05) is 0 Å². The van der Waals surface area contributed by atoms with Gasteiger partial charge in [0.1, 0.15) is 0 Å². The Bertz CT molecular complexity index is 3000. The lowest BCUT2D eigenvalue weighted by molar-refractivity contribution is 1.28. The van der Waals surface area contributed by atoms with Gasteiger partial charge in [0.05, 0.1) is 5.69 Å². The van der Waals surface area contributed by atoms with Gasteiger partial charge in [-0.15, -0.1) is 0 Å². The molecule has 0 saturated heterocycles. The van der Waals surface area contributed by atoms with Gasteiger partial charge in [-0.3, -0.25) is 0 Å². The van der Waals surface area contributed by atoms with E-state index in [9.17, 15) is 0 Å². The largest absolute Gasteiger partial charge is 0.310 e. The first-order valence-corrected chi connectivity index (χ1v) is 20.3. The first-order valence-electron chi connectivity index (χ1n) is 20.3. The second-order valence-electron chi connectivity index (χ2n) is 14.9. The van der Waals surface area contributed by atoms with Crippen molar-refractivity contribution in [3.05, 3.63) is 249 Å². The molecule has 0 aliphatic heterocycles. The third kappa shape index (κ3) is 7.23. The Hall–Kier alpha value is -7.74. The van der Waals surface area contributed by atoms with Crippen LogP contribution in [-0.2, 0) is 0 Å². The topological polar surface area (TPSA) is 3.24 Å². The Kier molecular flexibility index (Phi) is 9.68.